The zero-order chi connectivity index (χ0) is 21.8. The van der Waals surface area contributed by atoms with E-state index >= 15 is 0 Å². The molecule has 0 bridgehead atoms. The van der Waals surface area contributed by atoms with Crippen LogP contribution in [0.4, 0.5) is 13.2 Å². The Morgan fingerprint density at radius 3 is 2.31 bits per heavy atom. The Balaban J connectivity index is 2.24. The number of hydrogen-bond donors (Lipinski definition) is 1. The van der Waals surface area contributed by atoms with Gasteiger partial charge in [0.2, 0.25) is 0 Å². The highest BCUT2D eigenvalue weighted by atomic mass is 19.4. The molecule has 2 rings (SSSR count). The minimum atomic E-state index is -4.72. The molecule has 0 radical (unpaired) electrons. The van der Waals surface area contributed by atoms with E-state index < -0.39 is 12.3 Å². The summed E-state index contributed by atoms with van der Waals surface area (Å²) in [6.07, 6.45) is -0.699. The molecular weight excluding hydrogens is 385 g/mol. The highest BCUT2D eigenvalue weighted by Gasteiger charge is 2.30. The molecular formula is C22H23F3O4. The lowest BCUT2D eigenvalue weighted by molar-refractivity contribution is -0.274. The summed E-state index contributed by atoms with van der Waals surface area (Å²) in [5, 5.41) is 9.46. The van der Waals surface area contributed by atoms with E-state index in [1.807, 2.05) is 26.0 Å². The van der Waals surface area contributed by atoms with Gasteiger partial charge in [-0.1, -0.05) is 24.3 Å². The number of allylic oxidation sites excluding steroid dienone is 1. The third-order valence-corrected chi connectivity index (χ3v) is 4.12. The molecule has 0 spiro atoms. The van der Waals surface area contributed by atoms with Crippen LogP contribution in [0.25, 0.3) is 6.08 Å². The van der Waals surface area contributed by atoms with Gasteiger partial charge in [-0.2, -0.15) is 0 Å². The van der Waals surface area contributed by atoms with Crippen molar-refractivity contribution in [1.29, 1.82) is 0 Å². The van der Waals surface area contributed by atoms with Crippen LogP contribution in [0, 0.1) is 13.8 Å². The summed E-state index contributed by atoms with van der Waals surface area (Å²) in [6.45, 7) is 7.16. The maximum Gasteiger partial charge on any atom is 0.573 e. The first kappa shape index (κ1) is 22.3. The SMILES string of the molecule is Cc1cc(C=CCc2ccc(OC(F)(F)F)cc2)c(OC(C)C)c(C)c1C(=O)O. The molecule has 156 valence electrons. The van der Waals surface area contributed by atoms with Crippen LogP contribution in [0.15, 0.2) is 36.4 Å². The van der Waals surface area contributed by atoms with Gasteiger partial charge < -0.3 is 14.6 Å². The van der Waals surface area contributed by atoms with Gasteiger partial charge in [-0.05, 0) is 63.4 Å². The maximum absolute atomic E-state index is 12.2. The molecule has 0 saturated heterocycles. The molecule has 7 heteroatoms. The number of hydrogen-bond acceptors (Lipinski definition) is 3. The molecule has 29 heavy (non-hydrogen) atoms. The van der Waals surface area contributed by atoms with Gasteiger partial charge in [-0.15, -0.1) is 13.2 Å². The van der Waals surface area contributed by atoms with Crippen LogP contribution in [0.2, 0.25) is 0 Å². The fraction of sp³-hybridized carbons (Fsp3) is 0.318. The van der Waals surface area contributed by atoms with Crippen molar-refractivity contribution >= 4 is 12.0 Å². The van der Waals surface area contributed by atoms with Gasteiger partial charge in [0.05, 0.1) is 11.7 Å². The fourth-order valence-electron chi connectivity index (χ4n) is 2.99. The van der Waals surface area contributed by atoms with Crippen molar-refractivity contribution in [1.82, 2.24) is 0 Å². The molecule has 2 aromatic carbocycles. The molecule has 0 aliphatic carbocycles. The summed E-state index contributed by atoms with van der Waals surface area (Å²) in [7, 11) is 0. The number of halogens is 3. The van der Waals surface area contributed by atoms with E-state index in [0.29, 0.717) is 23.3 Å². The van der Waals surface area contributed by atoms with Crippen molar-refractivity contribution in [3.8, 4) is 11.5 Å². The van der Waals surface area contributed by atoms with Crippen LogP contribution < -0.4 is 9.47 Å². The maximum atomic E-state index is 12.2. The first-order valence-electron chi connectivity index (χ1n) is 9.03. The Kier molecular flexibility index (Phi) is 6.95. The number of carboxylic acids is 1. The summed E-state index contributed by atoms with van der Waals surface area (Å²) in [6, 6.07) is 7.40. The average Bonchev–Trinajstić information content (AvgIpc) is 2.57. The first-order valence-corrected chi connectivity index (χ1v) is 9.03. The van der Waals surface area contributed by atoms with Crippen LogP contribution in [0.3, 0.4) is 0 Å². The normalized spacial score (nSPS) is 11.9. The number of aromatic carboxylic acids is 1. The van der Waals surface area contributed by atoms with Crippen molar-refractivity contribution in [2.75, 3.05) is 0 Å². The first-order chi connectivity index (χ1) is 13.5. The Bertz CT molecular complexity index is 898. The monoisotopic (exact) mass is 408 g/mol. The topological polar surface area (TPSA) is 55.8 Å². The number of aryl methyl sites for hydroxylation is 1. The quantitative estimate of drug-likeness (QED) is 0.616. The summed E-state index contributed by atoms with van der Waals surface area (Å²) in [5.41, 5.74) is 2.95. The van der Waals surface area contributed by atoms with Crippen molar-refractivity contribution in [2.45, 2.75) is 46.6 Å². The van der Waals surface area contributed by atoms with Crippen LogP contribution in [-0.4, -0.2) is 23.5 Å². The molecule has 0 aliphatic heterocycles. The molecule has 0 unspecified atom stereocenters. The van der Waals surface area contributed by atoms with Crippen LogP contribution in [0.1, 0.15) is 46.5 Å². The van der Waals surface area contributed by atoms with Crippen LogP contribution in [0.5, 0.6) is 11.5 Å². The number of rotatable bonds is 7. The second-order valence-electron chi connectivity index (χ2n) is 6.88. The molecule has 0 amide bonds. The van der Waals surface area contributed by atoms with E-state index in [-0.39, 0.29) is 17.4 Å². The average molecular weight is 408 g/mol. The standard InChI is InChI=1S/C22H23F3O4/c1-13(2)28-20-15(4)19(21(26)27)14(3)12-17(20)7-5-6-16-8-10-18(11-9-16)29-22(23,24)25/h5,7-13H,6H2,1-4H3,(H,26,27). The van der Waals surface area contributed by atoms with E-state index in [1.165, 1.54) is 12.1 Å². The zero-order valence-corrected chi connectivity index (χ0v) is 16.6. The van der Waals surface area contributed by atoms with Crippen molar-refractivity contribution in [3.05, 3.63) is 64.2 Å². The lowest BCUT2D eigenvalue weighted by Crippen LogP contribution is -2.16. The van der Waals surface area contributed by atoms with E-state index in [1.54, 1.807) is 32.0 Å². The summed E-state index contributed by atoms with van der Waals surface area (Å²) in [4.78, 5) is 11.6. The Morgan fingerprint density at radius 1 is 1.17 bits per heavy atom. The van der Waals surface area contributed by atoms with Gasteiger partial charge in [0.15, 0.2) is 0 Å². The number of ether oxygens (including phenoxy) is 2. The van der Waals surface area contributed by atoms with Gasteiger partial charge in [0, 0.05) is 11.1 Å². The molecule has 1 N–H and O–H groups in total. The second-order valence-corrected chi connectivity index (χ2v) is 6.88. The van der Waals surface area contributed by atoms with Crippen LogP contribution in [-0.2, 0) is 6.42 Å². The lowest BCUT2D eigenvalue weighted by atomic mass is 9.97. The Hall–Kier alpha value is -2.96. The third kappa shape index (κ3) is 6.27. The van der Waals surface area contributed by atoms with Gasteiger partial charge >= 0.3 is 12.3 Å². The number of alkyl halides is 3. The molecule has 2 aromatic rings. The van der Waals surface area contributed by atoms with Gasteiger partial charge in [-0.3, -0.25) is 0 Å². The minimum Gasteiger partial charge on any atom is -0.490 e. The Labute approximate surface area is 167 Å². The molecule has 0 aliphatic rings. The van der Waals surface area contributed by atoms with E-state index in [4.69, 9.17) is 4.74 Å². The molecule has 0 saturated carbocycles. The smallest absolute Gasteiger partial charge is 0.490 e. The molecule has 0 heterocycles. The van der Waals surface area contributed by atoms with Gasteiger partial charge in [0.1, 0.15) is 11.5 Å². The van der Waals surface area contributed by atoms with E-state index in [2.05, 4.69) is 4.74 Å². The minimum absolute atomic E-state index is 0.133. The molecule has 4 nitrogen and oxygen atoms in total. The summed E-state index contributed by atoms with van der Waals surface area (Å²) in [5.74, 6) is -0.771. The summed E-state index contributed by atoms with van der Waals surface area (Å²) < 4.78 is 46.4. The summed E-state index contributed by atoms with van der Waals surface area (Å²) >= 11 is 0. The highest BCUT2D eigenvalue weighted by Crippen LogP contribution is 2.32. The Morgan fingerprint density at radius 2 is 1.79 bits per heavy atom. The number of carboxylic acid groups (broad SMARTS) is 1. The molecule has 0 aromatic heterocycles. The number of carbonyl (C=O) groups is 1. The van der Waals surface area contributed by atoms with Crippen LogP contribution >= 0.6 is 0 Å². The third-order valence-electron chi connectivity index (χ3n) is 4.12. The van der Waals surface area contributed by atoms with Crippen molar-refractivity contribution in [3.63, 3.8) is 0 Å². The fourth-order valence-corrected chi connectivity index (χ4v) is 2.99. The lowest BCUT2D eigenvalue weighted by Gasteiger charge is -2.18. The molecule has 0 atom stereocenters. The van der Waals surface area contributed by atoms with E-state index in [0.717, 1.165) is 11.1 Å². The second kappa shape index (κ2) is 9.03. The predicted octanol–water partition coefficient (Wildman–Crippen LogP) is 5.94. The highest BCUT2D eigenvalue weighted by molar-refractivity contribution is 5.92. The van der Waals surface area contributed by atoms with Crippen molar-refractivity contribution < 1.29 is 32.5 Å². The van der Waals surface area contributed by atoms with E-state index in [9.17, 15) is 23.1 Å². The van der Waals surface area contributed by atoms with Crippen molar-refractivity contribution in [2.24, 2.45) is 0 Å². The van der Waals surface area contributed by atoms with Gasteiger partial charge in [0.25, 0.3) is 0 Å². The van der Waals surface area contributed by atoms with Gasteiger partial charge in [-0.25, -0.2) is 4.79 Å². The number of benzene rings is 2. The zero-order valence-electron chi connectivity index (χ0n) is 16.6. The predicted molar refractivity (Wildman–Crippen MR) is 105 cm³/mol. The largest absolute Gasteiger partial charge is 0.573 e. The molecule has 0 fully saturated rings.